The van der Waals surface area contributed by atoms with E-state index >= 15 is 0 Å². The van der Waals surface area contributed by atoms with Gasteiger partial charge in [-0.1, -0.05) is 12.1 Å². The van der Waals surface area contributed by atoms with Crippen LogP contribution in [0, 0.1) is 0 Å². The molecule has 1 aromatic carbocycles. The van der Waals surface area contributed by atoms with Gasteiger partial charge in [0.1, 0.15) is 6.29 Å². The fraction of sp³-hybridized carbons (Fsp3) is 0.600. The smallest absolute Gasteiger partial charge is 0.243 e. The number of piperidine rings is 1. The van der Waals surface area contributed by atoms with Gasteiger partial charge in [-0.3, -0.25) is 29.4 Å². The van der Waals surface area contributed by atoms with E-state index < -0.39 is 6.04 Å². The number of carbonyl (C=O) groups excluding carboxylic acids is 4. The van der Waals surface area contributed by atoms with E-state index in [4.69, 9.17) is 14.2 Å². The number of likely N-dealkylation sites (N-methyl/N-ethyl adjacent to an activating group) is 2. The van der Waals surface area contributed by atoms with E-state index in [1.54, 1.807) is 30.1 Å². The van der Waals surface area contributed by atoms with Crippen LogP contribution in [0.25, 0.3) is 0 Å². The van der Waals surface area contributed by atoms with Crippen LogP contribution in [0.5, 0.6) is 0 Å². The van der Waals surface area contributed by atoms with Gasteiger partial charge in [-0.15, -0.1) is 0 Å². The minimum atomic E-state index is -0.496. The second-order valence-electron chi connectivity index (χ2n) is 8.54. The highest BCUT2D eigenvalue weighted by atomic mass is 16.5. The lowest BCUT2D eigenvalue weighted by Crippen LogP contribution is -2.51. The zero-order chi connectivity index (χ0) is 26.9. The predicted octanol–water partition coefficient (Wildman–Crippen LogP) is -0.467. The Morgan fingerprint density at radius 3 is 2.41 bits per heavy atom. The van der Waals surface area contributed by atoms with Crippen molar-refractivity contribution in [2.24, 2.45) is 0 Å². The number of anilines is 1. The summed E-state index contributed by atoms with van der Waals surface area (Å²) in [5, 5.41) is 11.2. The summed E-state index contributed by atoms with van der Waals surface area (Å²) < 4.78 is 16.2. The van der Waals surface area contributed by atoms with E-state index in [1.807, 2.05) is 7.05 Å². The number of hydrogen-bond donors (Lipinski definition) is 4. The van der Waals surface area contributed by atoms with E-state index in [2.05, 4.69) is 21.3 Å². The molecule has 0 radical (unpaired) electrons. The van der Waals surface area contributed by atoms with Crippen LogP contribution < -0.4 is 21.3 Å². The molecule has 1 aliphatic heterocycles. The van der Waals surface area contributed by atoms with Gasteiger partial charge in [-0.2, -0.15) is 0 Å². The topological polar surface area (TPSA) is 147 Å². The quantitative estimate of drug-likeness (QED) is 0.107. The van der Waals surface area contributed by atoms with Crippen LogP contribution in [-0.2, 0) is 35.1 Å². The van der Waals surface area contributed by atoms with Crippen LogP contribution in [0.4, 0.5) is 5.69 Å². The summed E-state index contributed by atoms with van der Waals surface area (Å²) >= 11 is 0. The van der Waals surface area contributed by atoms with Crippen molar-refractivity contribution >= 4 is 29.7 Å². The van der Waals surface area contributed by atoms with Crippen LogP contribution in [0.3, 0.4) is 0 Å². The Balaban J connectivity index is 1.70. The third kappa shape index (κ3) is 11.5. The largest absolute Gasteiger partial charge is 0.378 e. The molecule has 0 saturated carbocycles. The molecule has 2 rings (SSSR count). The Morgan fingerprint density at radius 2 is 1.76 bits per heavy atom. The van der Waals surface area contributed by atoms with Crippen molar-refractivity contribution in [1.29, 1.82) is 0 Å². The second-order valence-corrected chi connectivity index (χ2v) is 8.54. The van der Waals surface area contributed by atoms with Gasteiger partial charge in [-0.05, 0) is 26.6 Å². The molecule has 1 fully saturated rings. The summed E-state index contributed by atoms with van der Waals surface area (Å²) in [7, 11) is 3.62. The van der Waals surface area contributed by atoms with Crippen LogP contribution in [0.15, 0.2) is 18.2 Å². The van der Waals surface area contributed by atoms with Gasteiger partial charge < -0.3 is 30.2 Å². The second kappa shape index (κ2) is 17.7. The Kier molecular flexibility index (Phi) is 14.6. The molecule has 1 aliphatic rings. The highest BCUT2D eigenvalue weighted by molar-refractivity contribution is 6.00. The fourth-order valence-electron chi connectivity index (χ4n) is 3.73. The third-order valence-electron chi connectivity index (χ3n) is 5.71. The van der Waals surface area contributed by atoms with Crippen molar-refractivity contribution in [3.63, 3.8) is 0 Å². The fourth-order valence-corrected chi connectivity index (χ4v) is 3.73. The van der Waals surface area contributed by atoms with Crippen molar-refractivity contribution < 1.29 is 33.4 Å². The summed E-state index contributed by atoms with van der Waals surface area (Å²) in [5.74, 6) is -0.918. The number of aldehydes is 1. The molecule has 1 atom stereocenters. The van der Waals surface area contributed by atoms with Crippen LogP contribution >= 0.6 is 0 Å². The number of benzene rings is 1. The molecule has 12 heteroatoms. The minimum absolute atomic E-state index is 0.0670. The Morgan fingerprint density at radius 1 is 1.08 bits per heavy atom. The first-order chi connectivity index (χ1) is 18.0. The van der Waals surface area contributed by atoms with Gasteiger partial charge in [0.25, 0.3) is 0 Å². The molecule has 4 N–H and O–H groups in total. The monoisotopic (exact) mass is 521 g/mol. The molecular formula is C25H39N5O7. The van der Waals surface area contributed by atoms with Gasteiger partial charge in [0, 0.05) is 42.9 Å². The zero-order valence-corrected chi connectivity index (χ0v) is 21.7. The number of nitrogens with zero attached hydrogens (tertiary/aromatic N) is 1. The average Bonchev–Trinajstić information content (AvgIpc) is 2.87. The van der Waals surface area contributed by atoms with Crippen molar-refractivity contribution in [2.45, 2.75) is 25.4 Å². The van der Waals surface area contributed by atoms with E-state index in [-0.39, 0.29) is 37.2 Å². The lowest BCUT2D eigenvalue weighted by Gasteiger charge is -2.30. The van der Waals surface area contributed by atoms with E-state index in [0.29, 0.717) is 69.4 Å². The molecule has 0 bridgehead atoms. The number of ether oxygens (including phenoxy) is 3. The van der Waals surface area contributed by atoms with E-state index in [0.717, 1.165) is 12.8 Å². The maximum Gasteiger partial charge on any atom is 0.243 e. The van der Waals surface area contributed by atoms with Gasteiger partial charge in [0.05, 0.1) is 52.2 Å². The molecule has 0 aliphatic carbocycles. The molecule has 0 spiro atoms. The van der Waals surface area contributed by atoms with Crippen molar-refractivity contribution in [3.8, 4) is 0 Å². The van der Waals surface area contributed by atoms with Crippen molar-refractivity contribution in [3.05, 3.63) is 29.3 Å². The standard InChI is InChI=1S/C25H39N5O7/c1-26-8-10-35-12-14-37-15-13-36-11-9-27-16-24(33)28-21-5-3-4-19(18-31)20(21)17-30(2)22-6-7-23(32)29-25(22)34/h3-5,18,22,26-27H,6-17H2,1-2H3,(H,28,33)(H,29,32,34). The molecule has 1 aromatic rings. The Labute approximate surface area is 217 Å². The van der Waals surface area contributed by atoms with Gasteiger partial charge in [0.2, 0.25) is 17.7 Å². The first-order valence-electron chi connectivity index (χ1n) is 12.5. The molecular weight excluding hydrogens is 482 g/mol. The lowest BCUT2D eigenvalue weighted by atomic mass is 10.0. The molecule has 0 aromatic heterocycles. The van der Waals surface area contributed by atoms with E-state index in [9.17, 15) is 19.2 Å². The van der Waals surface area contributed by atoms with Crippen molar-refractivity contribution in [1.82, 2.24) is 20.9 Å². The summed E-state index contributed by atoms with van der Waals surface area (Å²) in [6.07, 6.45) is 1.38. The molecule has 1 heterocycles. The predicted molar refractivity (Wildman–Crippen MR) is 137 cm³/mol. The molecule has 12 nitrogen and oxygen atoms in total. The van der Waals surface area contributed by atoms with Crippen molar-refractivity contribution in [2.75, 3.05) is 78.7 Å². The highest BCUT2D eigenvalue weighted by Gasteiger charge is 2.30. The first kappa shape index (κ1) is 30.5. The van der Waals surface area contributed by atoms with Crippen LogP contribution in [-0.4, -0.2) is 108 Å². The summed E-state index contributed by atoms with van der Waals surface area (Å²) in [6, 6.07) is 4.57. The molecule has 3 amide bonds. The zero-order valence-electron chi connectivity index (χ0n) is 21.7. The lowest BCUT2D eigenvalue weighted by molar-refractivity contribution is -0.137. The average molecular weight is 522 g/mol. The molecule has 37 heavy (non-hydrogen) atoms. The minimum Gasteiger partial charge on any atom is -0.378 e. The molecule has 206 valence electrons. The Hall–Kier alpha value is -2.74. The first-order valence-corrected chi connectivity index (χ1v) is 12.5. The maximum absolute atomic E-state index is 12.5. The number of hydrogen-bond acceptors (Lipinski definition) is 10. The number of carbonyl (C=O) groups is 4. The number of rotatable bonds is 19. The SMILES string of the molecule is CNCCOCCOCCOCCNCC(=O)Nc1cccc(C=O)c1CN(C)C1CCC(=O)NC1=O. The summed E-state index contributed by atoms with van der Waals surface area (Å²) in [4.78, 5) is 49.6. The molecule has 1 saturated heterocycles. The van der Waals surface area contributed by atoms with Gasteiger partial charge >= 0.3 is 0 Å². The summed E-state index contributed by atoms with van der Waals surface area (Å²) in [6.45, 7) is 4.68. The Bertz CT molecular complexity index is 883. The van der Waals surface area contributed by atoms with Crippen LogP contribution in [0.1, 0.15) is 28.8 Å². The maximum atomic E-state index is 12.5. The van der Waals surface area contributed by atoms with Gasteiger partial charge in [-0.25, -0.2) is 0 Å². The van der Waals surface area contributed by atoms with Crippen LogP contribution in [0.2, 0.25) is 0 Å². The van der Waals surface area contributed by atoms with Gasteiger partial charge in [0.15, 0.2) is 0 Å². The number of imide groups is 1. The van der Waals surface area contributed by atoms with E-state index in [1.165, 1.54) is 0 Å². The number of amides is 3. The highest BCUT2D eigenvalue weighted by Crippen LogP contribution is 2.23. The third-order valence-corrected chi connectivity index (χ3v) is 5.71. The normalized spacial score (nSPS) is 15.6. The molecule has 1 unspecified atom stereocenters. The number of nitrogens with one attached hydrogen (secondary N) is 4. The summed E-state index contributed by atoms with van der Waals surface area (Å²) in [5.41, 5.74) is 1.53.